The van der Waals surface area contributed by atoms with E-state index in [1.807, 2.05) is 31.2 Å². The van der Waals surface area contributed by atoms with Crippen molar-refractivity contribution >= 4 is 11.8 Å². The Morgan fingerprint density at radius 1 is 1.24 bits per heavy atom. The highest BCUT2D eigenvalue weighted by molar-refractivity contribution is 5.96. The lowest BCUT2D eigenvalue weighted by molar-refractivity contribution is -0.149. The Labute approximate surface area is 125 Å². The highest BCUT2D eigenvalue weighted by Gasteiger charge is 2.37. The van der Waals surface area contributed by atoms with E-state index in [-0.39, 0.29) is 11.8 Å². The maximum Gasteiger partial charge on any atom is 0.246 e. The molecule has 0 bridgehead atoms. The molecule has 2 amide bonds. The van der Waals surface area contributed by atoms with Gasteiger partial charge in [0.2, 0.25) is 11.8 Å². The van der Waals surface area contributed by atoms with Gasteiger partial charge in [-0.15, -0.1) is 0 Å². The maximum absolute atomic E-state index is 12.5. The second-order valence-electron chi connectivity index (χ2n) is 5.34. The molecule has 1 saturated heterocycles. The van der Waals surface area contributed by atoms with Gasteiger partial charge in [-0.05, 0) is 31.0 Å². The van der Waals surface area contributed by atoms with Crippen LogP contribution < -0.4 is 10.1 Å². The van der Waals surface area contributed by atoms with Gasteiger partial charge in [0, 0.05) is 6.54 Å². The zero-order chi connectivity index (χ0) is 15.4. The number of carbonyl (C=O) groups is 2. The predicted octanol–water partition coefficient (Wildman–Crippen LogP) is 1.71. The van der Waals surface area contributed by atoms with Gasteiger partial charge in [-0.3, -0.25) is 9.59 Å². The molecule has 1 heterocycles. The molecule has 5 heteroatoms. The first-order valence-electron chi connectivity index (χ1n) is 7.30. The summed E-state index contributed by atoms with van der Waals surface area (Å²) in [6.07, 6.45) is 1.54. The lowest BCUT2D eigenvalue weighted by Crippen LogP contribution is -2.61. The monoisotopic (exact) mass is 290 g/mol. The second kappa shape index (κ2) is 6.61. The van der Waals surface area contributed by atoms with Crippen LogP contribution in [-0.2, 0) is 16.1 Å². The van der Waals surface area contributed by atoms with Crippen molar-refractivity contribution in [1.29, 1.82) is 0 Å². The first-order chi connectivity index (χ1) is 10.1. The molecule has 0 spiro atoms. The van der Waals surface area contributed by atoms with E-state index in [1.165, 1.54) is 0 Å². The van der Waals surface area contributed by atoms with Crippen molar-refractivity contribution in [3.8, 4) is 5.75 Å². The number of carbonyl (C=O) groups excluding carboxylic acids is 2. The zero-order valence-electron chi connectivity index (χ0n) is 12.8. The van der Waals surface area contributed by atoms with E-state index in [4.69, 9.17) is 4.74 Å². The van der Waals surface area contributed by atoms with Crippen LogP contribution in [0.15, 0.2) is 24.3 Å². The van der Waals surface area contributed by atoms with Gasteiger partial charge >= 0.3 is 0 Å². The zero-order valence-corrected chi connectivity index (χ0v) is 12.8. The number of methoxy groups -OCH3 is 1. The summed E-state index contributed by atoms with van der Waals surface area (Å²) in [5.41, 5.74) is 0.987. The molecule has 0 aliphatic carbocycles. The van der Waals surface area contributed by atoms with Gasteiger partial charge < -0.3 is 15.0 Å². The van der Waals surface area contributed by atoms with E-state index >= 15 is 0 Å². The summed E-state index contributed by atoms with van der Waals surface area (Å²) in [5, 5.41) is 2.80. The summed E-state index contributed by atoms with van der Waals surface area (Å²) in [4.78, 5) is 26.1. The minimum Gasteiger partial charge on any atom is -0.497 e. The number of ether oxygens (including phenoxy) is 1. The fourth-order valence-corrected chi connectivity index (χ4v) is 2.51. The Balaban J connectivity index is 2.14. The van der Waals surface area contributed by atoms with Crippen molar-refractivity contribution in [3.63, 3.8) is 0 Å². The number of piperazine rings is 1. The fraction of sp³-hybridized carbons (Fsp3) is 0.500. The third-order valence-electron chi connectivity index (χ3n) is 3.83. The summed E-state index contributed by atoms with van der Waals surface area (Å²) in [7, 11) is 1.62. The van der Waals surface area contributed by atoms with E-state index in [2.05, 4.69) is 5.32 Å². The summed E-state index contributed by atoms with van der Waals surface area (Å²) in [5.74, 6) is 0.694. The number of rotatable bonds is 5. The summed E-state index contributed by atoms with van der Waals surface area (Å²) < 4.78 is 5.12. The van der Waals surface area contributed by atoms with E-state index < -0.39 is 12.1 Å². The molecule has 2 atom stereocenters. The molecule has 5 nitrogen and oxygen atoms in total. The molecule has 2 unspecified atom stereocenters. The number of benzene rings is 1. The molecule has 2 rings (SSSR count). The SMILES string of the molecule is CCCC1NC(=O)C(C)N(Cc2ccc(OC)cc2)C1=O. The van der Waals surface area contributed by atoms with Crippen LogP contribution >= 0.6 is 0 Å². The Morgan fingerprint density at radius 3 is 2.48 bits per heavy atom. The van der Waals surface area contributed by atoms with Crippen LogP contribution in [0.1, 0.15) is 32.3 Å². The van der Waals surface area contributed by atoms with Crippen LogP contribution in [0.25, 0.3) is 0 Å². The Hall–Kier alpha value is -2.04. The number of nitrogens with one attached hydrogen (secondary N) is 1. The summed E-state index contributed by atoms with van der Waals surface area (Å²) in [6, 6.07) is 6.72. The third kappa shape index (κ3) is 3.35. The van der Waals surface area contributed by atoms with Crippen LogP contribution in [0.2, 0.25) is 0 Å². The molecular formula is C16H22N2O3. The van der Waals surface area contributed by atoms with Crippen LogP contribution in [0.4, 0.5) is 0 Å². The van der Waals surface area contributed by atoms with Crippen molar-refractivity contribution in [3.05, 3.63) is 29.8 Å². The van der Waals surface area contributed by atoms with Crippen LogP contribution in [0.3, 0.4) is 0 Å². The van der Waals surface area contributed by atoms with Crippen LogP contribution in [-0.4, -0.2) is 35.9 Å². The summed E-state index contributed by atoms with van der Waals surface area (Å²) >= 11 is 0. The summed E-state index contributed by atoms with van der Waals surface area (Å²) in [6.45, 7) is 4.21. The van der Waals surface area contributed by atoms with Gasteiger partial charge in [0.1, 0.15) is 17.8 Å². The molecule has 21 heavy (non-hydrogen) atoms. The third-order valence-corrected chi connectivity index (χ3v) is 3.83. The average Bonchev–Trinajstić information content (AvgIpc) is 2.50. The fourth-order valence-electron chi connectivity index (χ4n) is 2.51. The minimum absolute atomic E-state index is 0.000215. The standard InChI is InChI=1S/C16H22N2O3/c1-4-5-14-16(20)18(11(2)15(19)17-14)10-12-6-8-13(21-3)9-7-12/h6-9,11,14H,4-5,10H2,1-3H3,(H,17,19). The van der Waals surface area contributed by atoms with Crippen LogP contribution in [0.5, 0.6) is 5.75 Å². The van der Waals surface area contributed by atoms with Gasteiger partial charge in [-0.1, -0.05) is 25.5 Å². The van der Waals surface area contributed by atoms with E-state index in [1.54, 1.807) is 18.9 Å². The van der Waals surface area contributed by atoms with Crippen molar-refractivity contribution in [1.82, 2.24) is 10.2 Å². The van der Waals surface area contributed by atoms with Crippen molar-refractivity contribution in [2.75, 3.05) is 7.11 Å². The molecule has 1 fully saturated rings. The van der Waals surface area contributed by atoms with Crippen LogP contribution in [0, 0.1) is 0 Å². The van der Waals surface area contributed by atoms with E-state index in [0.29, 0.717) is 13.0 Å². The van der Waals surface area contributed by atoms with E-state index in [9.17, 15) is 9.59 Å². The lowest BCUT2D eigenvalue weighted by atomic mass is 10.0. The molecular weight excluding hydrogens is 268 g/mol. The first kappa shape index (κ1) is 15.4. The highest BCUT2D eigenvalue weighted by atomic mass is 16.5. The molecule has 1 aliphatic heterocycles. The molecule has 114 valence electrons. The van der Waals surface area contributed by atoms with Gasteiger partial charge in [0.05, 0.1) is 7.11 Å². The molecule has 1 N–H and O–H groups in total. The number of nitrogens with zero attached hydrogens (tertiary/aromatic N) is 1. The van der Waals surface area contributed by atoms with Crippen molar-refractivity contribution in [2.24, 2.45) is 0 Å². The first-order valence-corrected chi connectivity index (χ1v) is 7.30. The number of hydrogen-bond donors (Lipinski definition) is 1. The minimum atomic E-state index is -0.437. The average molecular weight is 290 g/mol. The largest absolute Gasteiger partial charge is 0.497 e. The topological polar surface area (TPSA) is 58.6 Å². The lowest BCUT2D eigenvalue weighted by Gasteiger charge is -2.37. The normalized spacial score (nSPS) is 22.1. The van der Waals surface area contributed by atoms with E-state index in [0.717, 1.165) is 17.7 Å². The smallest absolute Gasteiger partial charge is 0.246 e. The molecule has 1 aromatic rings. The molecule has 0 aromatic heterocycles. The highest BCUT2D eigenvalue weighted by Crippen LogP contribution is 2.18. The molecule has 1 aromatic carbocycles. The molecule has 0 radical (unpaired) electrons. The quantitative estimate of drug-likeness (QED) is 0.898. The van der Waals surface area contributed by atoms with Gasteiger partial charge in [0.15, 0.2) is 0 Å². The Kier molecular flexibility index (Phi) is 4.83. The van der Waals surface area contributed by atoms with Crippen molar-refractivity contribution in [2.45, 2.75) is 45.3 Å². The molecule has 0 saturated carbocycles. The number of hydrogen-bond acceptors (Lipinski definition) is 3. The Bertz CT molecular complexity index is 513. The van der Waals surface area contributed by atoms with Gasteiger partial charge in [-0.25, -0.2) is 0 Å². The van der Waals surface area contributed by atoms with Gasteiger partial charge in [-0.2, -0.15) is 0 Å². The Morgan fingerprint density at radius 2 is 1.90 bits per heavy atom. The maximum atomic E-state index is 12.5. The predicted molar refractivity (Wildman–Crippen MR) is 79.8 cm³/mol. The molecule has 1 aliphatic rings. The van der Waals surface area contributed by atoms with Crippen molar-refractivity contribution < 1.29 is 14.3 Å². The second-order valence-corrected chi connectivity index (χ2v) is 5.34. The number of amides is 2. The van der Waals surface area contributed by atoms with Gasteiger partial charge in [0.25, 0.3) is 0 Å².